The predicted molar refractivity (Wildman–Crippen MR) is 79.7 cm³/mol. The monoisotopic (exact) mass is 293 g/mol. The van der Waals surface area contributed by atoms with Gasteiger partial charge in [-0.25, -0.2) is 4.39 Å². The molecule has 20 heavy (non-hydrogen) atoms. The molecule has 1 atom stereocenters. The Hall–Kier alpha value is -1.58. The molecule has 0 aromatic heterocycles. The molecule has 0 saturated heterocycles. The standard InChI is InChI=1S/C16H17ClFNO/c1-11(13-5-8-16(18)15(17)9-13)19-10-12-3-6-14(20-2)7-4-12/h3-9,11,19H,10H2,1-2H3. The van der Waals surface area contributed by atoms with Gasteiger partial charge in [-0.2, -0.15) is 0 Å². The average molecular weight is 294 g/mol. The Kier molecular flexibility index (Phi) is 4.99. The molecule has 0 aliphatic carbocycles. The molecule has 0 aliphatic rings. The first kappa shape index (κ1) is 14.8. The fourth-order valence-electron chi connectivity index (χ4n) is 1.91. The summed E-state index contributed by atoms with van der Waals surface area (Å²) in [7, 11) is 1.65. The van der Waals surface area contributed by atoms with Crippen LogP contribution in [0.25, 0.3) is 0 Å². The average Bonchev–Trinajstić information content (AvgIpc) is 2.48. The molecule has 0 amide bonds. The Morgan fingerprint density at radius 3 is 2.50 bits per heavy atom. The zero-order valence-electron chi connectivity index (χ0n) is 11.5. The van der Waals surface area contributed by atoms with Crippen molar-refractivity contribution in [3.05, 3.63) is 64.4 Å². The third-order valence-electron chi connectivity index (χ3n) is 3.22. The van der Waals surface area contributed by atoms with Crippen molar-refractivity contribution in [2.45, 2.75) is 19.5 Å². The highest BCUT2D eigenvalue weighted by molar-refractivity contribution is 6.30. The molecule has 0 heterocycles. The number of nitrogens with one attached hydrogen (secondary N) is 1. The Labute approximate surface area is 123 Å². The van der Waals surface area contributed by atoms with E-state index in [-0.39, 0.29) is 11.1 Å². The van der Waals surface area contributed by atoms with Crippen LogP contribution < -0.4 is 10.1 Å². The van der Waals surface area contributed by atoms with Crippen LogP contribution in [0, 0.1) is 5.82 Å². The molecule has 106 valence electrons. The van der Waals surface area contributed by atoms with Gasteiger partial charge in [-0.05, 0) is 42.3 Å². The van der Waals surface area contributed by atoms with Gasteiger partial charge in [-0.1, -0.05) is 29.8 Å². The van der Waals surface area contributed by atoms with E-state index in [1.807, 2.05) is 31.2 Å². The van der Waals surface area contributed by atoms with E-state index in [0.717, 1.165) is 23.4 Å². The van der Waals surface area contributed by atoms with Gasteiger partial charge in [0.05, 0.1) is 12.1 Å². The second-order valence-electron chi connectivity index (χ2n) is 4.62. The quantitative estimate of drug-likeness (QED) is 0.885. The van der Waals surface area contributed by atoms with Crippen LogP contribution in [0.4, 0.5) is 4.39 Å². The van der Waals surface area contributed by atoms with E-state index in [2.05, 4.69) is 5.32 Å². The van der Waals surface area contributed by atoms with Crippen LogP contribution in [0.15, 0.2) is 42.5 Å². The summed E-state index contributed by atoms with van der Waals surface area (Å²) in [5.41, 5.74) is 2.12. The van der Waals surface area contributed by atoms with Crippen LogP contribution in [-0.4, -0.2) is 7.11 Å². The van der Waals surface area contributed by atoms with Gasteiger partial charge in [0, 0.05) is 12.6 Å². The molecule has 2 nitrogen and oxygen atoms in total. The number of methoxy groups -OCH3 is 1. The largest absolute Gasteiger partial charge is 0.497 e. The summed E-state index contributed by atoms with van der Waals surface area (Å²) in [6.07, 6.45) is 0. The number of benzene rings is 2. The molecule has 1 unspecified atom stereocenters. The molecule has 0 bridgehead atoms. The lowest BCUT2D eigenvalue weighted by atomic mass is 10.1. The maximum atomic E-state index is 13.1. The predicted octanol–water partition coefficient (Wildman–Crippen LogP) is 4.34. The lowest BCUT2D eigenvalue weighted by Gasteiger charge is -2.15. The molecule has 4 heteroatoms. The smallest absolute Gasteiger partial charge is 0.141 e. The second-order valence-corrected chi connectivity index (χ2v) is 5.03. The van der Waals surface area contributed by atoms with Crippen LogP contribution >= 0.6 is 11.6 Å². The lowest BCUT2D eigenvalue weighted by Crippen LogP contribution is -2.18. The SMILES string of the molecule is COc1ccc(CNC(C)c2ccc(F)c(Cl)c2)cc1. The van der Waals surface area contributed by atoms with Crippen LogP contribution in [0.2, 0.25) is 5.02 Å². The maximum absolute atomic E-state index is 13.1. The number of ether oxygens (including phenoxy) is 1. The van der Waals surface area contributed by atoms with Gasteiger partial charge >= 0.3 is 0 Å². The third kappa shape index (κ3) is 3.71. The van der Waals surface area contributed by atoms with Crippen molar-refractivity contribution in [1.29, 1.82) is 0 Å². The van der Waals surface area contributed by atoms with E-state index < -0.39 is 5.82 Å². The molecular weight excluding hydrogens is 277 g/mol. The first-order chi connectivity index (χ1) is 9.60. The molecule has 2 rings (SSSR count). The van der Waals surface area contributed by atoms with Crippen molar-refractivity contribution in [1.82, 2.24) is 5.32 Å². The lowest BCUT2D eigenvalue weighted by molar-refractivity contribution is 0.414. The van der Waals surface area contributed by atoms with E-state index in [9.17, 15) is 4.39 Å². The minimum Gasteiger partial charge on any atom is -0.497 e. The first-order valence-corrected chi connectivity index (χ1v) is 6.79. The summed E-state index contributed by atoms with van der Waals surface area (Å²) >= 11 is 5.79. The highest BCUT2D eigenvalue weighted by atomic mass is 35.5. The summed E-state index contributed by atoms with van der Waals surface area (Å²) < 4.78 is 18.2. The summed E-state index contributed by atoms with van der Waals surface area (Å²) in [6, 6.07) is 12.8. The molecule has 0 radical (unpaired) electrons. The topological polar surface area (TPSA) is 21.3 Å². The molecule has 0 spiro atoms. The van der Waals surface area contributed by atoms with Crippen molar-refractivity contribution in [2.75, 3.05) is 7.11 Å². The van der Waals surface area contributed by atoms with E-state index in [1.165, 1.54) is 6.07 Å². The van der Waals surface area contributed by atoms with Gasteiger partial charge < -0.3 is 10.1 Å². The Balaban J connectivity index is 1.96. The van der Waals surface area contributed by atoms with Crippen molar-refractivity contribution < 1.29 is 9.13 Å². The van der Waals surface area contributed by atoms with Gasteiger partial charge in [0.2, 0.25) is 0 Å². The van der Waals surface area contributed by atoms with Crippen LogP contribution in [0.5, 0.6) is 5.75 Å². The third-order valence-corrected chi connectivity index (χ3v) is 3.50. The van der Waals surface area contributed by atoms with Gasteiger partial charge in [-0.15, -0.1) is 0 Å². The van der Waals surface area contributed by atoms with Crippen molar-refractivity contribution in [2.24, 2.45) is 0 Å². The van der Waals surface area contributed by atoms with Gasteiger partial charge in [-0.3, -0.25) is 0 Å². The fraction of sp³-hybridized carbons (Fsp3) is 0.250. The molecule has 2 aromatic carbocycles. The van der Waals surface area contributed by atoms with Gasteiger partial charge in [0.15, 0.2) is 0 Å². The highest BCUT2D eigenvalue weighted by Gasteiger charge is 2.08. The Morgan fingerprint density at radius 2 is 1.90 bits per heavy atom. The number of halogens is 2. The summed E-state index contributed by atoms with van der Waals surface area (Å²) in [4.78, 5) is 0. The summed E-state index contributed by atoms with van der Waals surface area (Å²) in [5, 5.41) is 3.53. The second kappa shape index (κ2) is 6.73. The highest BCUT2D eigenvalue weighted by Crippen LogP contribution is 2.21. The Bertz CT molecular complexity index is 571. The van der Waals surface area contributed by atoms with E-state index in [1.54, 1.807) is 19.2 Å². The fourth-order valence-corrected chi connectivity index (χ4v) is 2.10. The zero-order valence-corrected chi connectivity index (χ0v) is 12.2. The molecular formula is C16H17ClFNO. The zero-order chi connectivity index (χ0) is 14.5. The van der Waals surface area contributed by atoms with E-state index >= 15 is 0 Å². The van der Waals surface area contributed by atoms with Crippen molar-refractivity contribution >= 4 is 11.6 Å². The number of rotatable bonds is 5. The molecule has 1 N–H and O–H groups in total. The van der Waals surface area contributed by atoms with Crippen LogP contribution in [0.3, 0.4) is 0 Å². The van der Waals surface area contributed by atoms with Gasteiger partial charge in [0.25, 0.3) is 0 Å². The van der Waals surface area contributed by atoms with Crippen LogP contribution in [-0.2, 0) is 6.54 Å². The number of hydrogen-bond donors (Lipinski definition) is 1. The van der Waals surface area contributed by atoms with Gasteiger partial charge in [0.1, 0.15) is 11.6 Å². The maximum Gasteiger partial charge on any atom is 0.141 e. The van der Waals surface area contributed by atoms with E-state index in [0.29, 0.717) is 0 Å². The van der Waals surface area contributed by atoms with E-state index in [4.69, 9.17) is 16.3 Å². The van der Waals surface area contributed by atoms with Crippen molar-refractivity contribution in [3.8, 4) is 5.75 Å². The van der Waals surface area contributed by atoms with Crippen molar-refractivity contribution in [3.63, 3.8) is 0 Å². The first-order valence-electron chi connectivity index (χ1n) is 6.41. The van der Waals surface area contributed by atoms with Crippen LogP contribution in [0.1, 0.15) is 24.1 Å². The summed E-state index contributed by atoms with van der Waals surface area (Å²) in [5.74, 6) is 0.449. The minimum absolute atomic E-state index is 0.0928. The molecule has 2 aromatic rings. The Morgan fingerprint density at radius 1 is 1.20 bits per heavy atom. The minimum atomic E-state index is -0.391. The molecule has 0 aliphatic heterocycles. The molecule has 0 saturated carbocycles. The molecule has 0 fully saturated rings. The number of hydrogen-bond acceptors (Lipinski definition) is 2. The summed E-state index contributed by atoms with van der Waals surface area (Å²) in [6.45, 7) is 2.74. The normalized spacial score (nSPS) is 12.2.